The highest BCUT2D eigenvalue weighted by Crippen LogP contribution is 2.22. The molecular weight excluding hydrogens is 190 g/mol. The SMILES string of the molecule is [2H]C(Cl)C(=O)Nc1ccccc1OC. The number of ether oxygens (including phenoxy) is 1. The summed E-state index contributed by atoms with van der Waals surface area (Å²) in [4.78, 5) is 11.1. The molecule has 1 N–H and O–H groups in total. The largest absolute Gasteiger partial charge is 0.495 e. The Bertz CT molecular complexity index is 330. The second-order valence-electron chi connectivity index (χ2n) is 2.30. The van der Waals surface area contributed by atoms with Crippen LogP contribution in [0.5, 0.6) is 5.75 Å². The highest BCUT2D eigenvalue weighted by Gasteiger charge is 2.04. The molecule has 3 nitrogen and oxygen atoms in total. The number of hydrogen-bond donors (Lipinski definition) is 1. The zero-order chi connectivity index (χ0) is 10.6. The van der Waals surface area contributed by atoms with Gasteiger partial charge in [-0.25, -0.2) is 0 Å². The Morgan fingerprint density at radius 3 is 3.00 bits per heavy atom. The topological polar surface area (TPSA) is 38.3 Å². The van der Waals surface area contributed by atoms with Gasteiger partial charge in [-0.15, -0.1) is 11.6 Å². The van der Waals surface area contributed by atoms with Crippen LogP contribution >= 0.6 is 11.6 Å². The number of hydrogen-bond acceptors (Lipinski definition) is 2. The van der Waals surface area contributed by atoms with Gasteiger partial charge in [-0.05, 0) is 12.1 Å². The number of rotatable bonds is 3. The van der Waals surface area contributed by atoms with E-state index in [0.29, 0.717) is 11.4 Å². The minimum Gasteiger partial charge on any atom is -0.495 e. The van der Waals surface area contributed by atoms with Gasteiger partial charge in [-0.3, -0.25) is 4.79 Å². The maximum Gasteiger partial charge on any atom is 0.239 e. The molecule has 0 saturated carbocycles. The maximum atomic E-state index is 11.1. The Kier molecular flexibility index (Phi) is 3.04. The van der Waals surface area contributed by atoms with Crippen molar-refractivity contribution in [3.05, 3.63) is 24.3 Å². The Hall–Kier alpha value is -1.22. The van der Waals surface area contributed by atoms with Crippen LogP contribution in [0.2, 0.25) is 0 Å². The fourth-order valence-electron chi connectivity index (χ4n) is 0.908. The van der Waals surface area contributed by atoms with Gasteiger partial charge < -0.3 is 10.1 Å². The van der Waals surface area contributed by atoms with E-state index in [1.165, 1.54) is 7.11 Å². The lowest BCUT2D eigenvalue weighted by Crippen LogP contribution is -2.13. The third kappa shape index (κ3) is 2.63. The van der Waals surface area contributed by atoms with E-state index in [1.54, 1.807) is 24.3 Å². The molecule has 0 aliphatic rings. The number of alkyl halides is 1. The molecule has 4 heteroatoms. The summed E-state index contributed by atoms with van der Waals surface area (Å²) >= 11 is 5.29. The monoisotopic (exact) mass is 200 g/mol. The Morgan fingerprint density at radius 2 is 2.38 bits per heavy atom. The summed E-state index contributed by atoms with van der Waals surface area (Å²) in [6.45, 7) is 0. The Labute approximate surface area is 83.1 Å². The molecule has 1 amide bonds. The lowest BCUT2D eigenvalue weighted by atomic mass is 10.3. The van der Waals surface area contributed by atoms with Crippen molar-refractivity contribution in [3.63, 3.8) is 0 Å². The van der Waals surface area contributed by atoms with E-state index in [0.717, 1.165) is 0 Å². The molecule has 70 valence electrons. The lowest BCUT2D eigenvalue weighted by molar-refractivity contribution is -0.113. The zero-order valence-electron chi connectivity index (χ0n) is 8.08. The van der Waals surface area contributed by atoms with E-state index in [2.05, 4.69) is 5.32 Å². The van der Waals surface area contributed by atoms with Gasteiger partial charge in [0.05, 0.1) is 14.2 Å². The van der Waals surface area contributed by atoms with Crippen LogP contribution in [0.25, 0.3) is 0 Å². The summed E-state index contributed by atoms with van der Waals surface area (Å²) in [5, 5.41) is 2.48. The van der Waals surface area contributed by atoms with Crippen molar-refractivity contribution in [1.82, 2.24) is 0 Å². The van der Waals surface area contributed by atoms with Gasteiger partial charge in [0.1, 0.15) is 11.6 Å². The lowest BCUT2D eigenvalue weighted by Gasteiger charge is -2.07. The summed E-state index contributed by atoms with van der Waals surface area (Å²) < 4.78 is 12.0. The third-order valence-electron chi connectivity index (χ3n) is 1.46. The highest BCUT2D eigenvalue weighted by atomic mass is 35.5. The first kappa shape index (κ1) is 8.38. The molecule has 0 bridgehead atoms. The molecule has 1 atom stereocenters. The minimum atomic E-state index is -1.31. The van der Waals surface area contributed by atoms with Crippen LogP contribution in [0, 0.1) is 0 Å². The Morgan fingerprint density at radius 1 is 1.69 bits per heavy atom. The zero-order valence-corrected chi connectivity index (χ0v) is 7.84. The summed E-state index contributed by atoms with van der Waals surface area (Å²) in [7, 11) is 1.50. The van der Waals surface area contributed by atoms with Gasteiger partial charge in [-0.2, -0.15) is 0 Å². The molecule has 0 aliphatic heterocycles. The molecule has 0 aliphatic carbocycles. The van der Waals surface area contributed by atoms with Gasteiger partial charge >= 0.3 is 0 Å². The van der Waals surface area contributed by atoms with Crippen LogP contribution in [0.1, 0.15) is 1.37 Å². The summed E-state index contributed by atoms with van der Waals surface area (Å²) in [6, 6.07) is 6.93. The average Bonchev–Trinajstić information content (AvgIpc) is 2.18. The van der Waals surface area contributed by atoms with E-state index in [9.17, 15) is 4.79 Å². The first-order valence-electron chi connectivity index (χ1n) is 4.23. The van der Waals surface area contributed by atoms with Crippen molar-refractivity contribution in [2.45, 2.75) is 0 Å². The molecule has 0 radical (unpaired) electrons. The van der Waals surface area contributed by atoms with Crippen LogP contribution in [0.3, 0.4) is 0 Å². The van der Waals surface area contributed by atoms with Crippen LogP contribution in [0.15, 0.2) is 24.3 Å². The molecular formula is C9H10ClNO2. The molecule has 1 unspecified atom stereocenters. The van der Waals surface area contributed by atoms with Gasteiger partial charge in [0.15, 0.2) is 0 Å². The number of anilines is 1. The van der Waals surface area contributed by atoms with E-state index in [4.69, 9.17) is 17.7 Å². The fraction of sp³-hybridized carbons (Fsp3) is 0.222. The van der Waals surface area contributed by atoms with E-state index >= 15 is 0 Å². The number of nitrogens with one attached hydrogen (secondary N) is 1. The number of methoxy groups -OCH3 is 1. The first-order chi connectivity index (χ1) is 6.65. The van der Waals surface area contributed by atoms with Crippen LogP contribution < -0.4 is 10.1 Å². The minimum absolute atomic E-state index is 0.512. The van der Waals surface area contributed by atoms with Crippen LogP contribution in [-0.4, -0.2) is 18.9 Å². The van der Waals surface area contributed by atoms with Crippen LogP contribution in [-0.2, 0) is 4.79 Å². The van der Waals surface area contributed by atoms with Crippen molar-refractivity contribution in [3.8, 4) is 5.75 Å². The second kappa shape index (κ2) is 4.72. The number of benzene rings is 1. The summed E-state index contributed by atoms with van der Waals surface area (Å²) in [5.74, 6) is -1.34. The molecule has 1 aromatic rings. The quantitative estimate of drug-likeness (QED) is 0.757. The molecule has 0 aromatic heterocycles. The molecule has 0 heterocycles. The van der Waals surface area contributed by atoms with Crippen LogP contribution in [0.4, 0.5) is 5.69 Å². The van der Waals surface area contributed by atoms with E-state index in [-0.39, 0.29) is 0 Å². The Balaban J connectivity index is 2.80. The number of para-hydroxylation sites is 2. The van der Waals surface area contributed by atoms with Crippen molar-refractivity contribution >= 4 is 23.2 Å². The molecule has 0 saturated heterocycles. The van der Waals surface area contributed by atoms with E-state index < -0.39 is 11.8 Å². The maximum absolute atomic E-state index is 11.1. The second-order valence-corrected chi connectivity index (χ2v) is 2.52. The van der Waals surface area contributed by atoms with Gasteiger partial charge in [0.2, 0.25) is 5.91 Å². The number of amides is 1. The van der Waals surface area contributed by atoms with Crippen molar-refractivity contribution in [1.29, 1.82) is 0 Å². The molecule has 0 spiro atoms. The van der Waals surface area contributed by atoms with Gasteiger partial charge in [0, 0.05) is 0 Å². The third-order valence-corrected chi connectivity index (χ3v) is 1.66. The van der Waals surface area contributed by atoms with Gasteiger partial charge in [0.25, 0.3) is 0 Å². The molecule has 13 heavy (non-hydrogen) atoms. The smallest absolute Gasteiger partial charge is 0.239 e. The first-order valence-corrected chi connectivity index (χ1v) is 4.09. The number of carbonyl (C=O) groups is 1. The van der Waals surface area contributed by atoms with Crippen molar-refractivity contribution in [2.75, 3.05) is 18.3 Å². The standard InChI is InChI=1S/C9H10ClNO2/c1-13-8-5-3-2-4-7(8)11-9(12)6-10/h2-5H,6H2,1H3,(H,11,12)/i6D. The fourth-order valence-corrected chi connectivity index (χ4v) is 0.962. The molecule has 0 fully saturated rings. The normalized spacial score (nSPS) is 12.9. The van der Waals surface area contributed by atoms with Crippen molar-refractivity contribution < 1.29 is 10.9 Å². The average molecular weight is 201 g/mol. The number of halogens is 1. The van der Waals surface area contributed by atoms with Gasteiger partial charge in [-0.1, -0.05) is 12.1 Å². The predicted octanol–water partition coefficient (Wildman–Crippen LogP) is 1.87. The molecule has 1 aromatic carbocycles. The van der Waals surface area contributed by atoms with E-state index in [1.807, 2.05) is 0 Å². The summed E-state index contributed by atoms with van der Waals surface area (Å²) in [5.41, 5.74) is 0.512. The number of carbonyl (C=O) groups excluding carboxylic acids is 1. The summed E-state index contributed by atoms with van der Waals surface area (Å²) in [6.07, 6.45) is 0. The predicted molar refractivity (Wildman–Crippen MR) is 52.3 cm³/mol. The highest BCUT2D eigenvalue weighted by molar-refractivity contribution is 6.29. The molecule has 1 rings (SSSR count). The van der Waals surface area contributed by atoms with Crippen molar-refractivity contribution in [2.24, 2.45) is 0 Å².